The van der Waals surface area contributed by atoms with Crippen molar-refractivity contribution in [3.8, 4) is 0 Å². The second-order valence-corrected chi connectivity index (χ2v) is 4.28. The quantitative estimate of drug-likeness (QED) is 0.905. The van der Waals surface area contributed by atoms with Crippen molar-refractivity contribution in [2.75, 3.05) is 17.7 Å². The molecule has 0 fully saturated rings. The molecule has 1 aromatic carbocycles. The summed E-state index contributed by atoms with van der Waals surface area (Å²) in [5, 5.41) is 6.66. The van der Waals surface area contributed by atoms with E-state index >= 15 is 0 Å². The summed E-state index contributed by atoms with van der Waals surface area (Å²) in [6.45, 7) is 1.91. The van der Waals surface area contributed by atoms with Gasteiger partial charge in [0.2, 0.25) is 17.2 Å². The summed E-state index contributed by atoms with van der Waals surface area (Å²) in [5.41, 5.74) is 1.74. The first-order chi connectivity index (χ1) is 8.60. The number of aromatic nitrogens is 3. The number of benzene rings is 1. The van der Waals surface area contributed by atoms with Crippen LogP contribution in [-0.4, -0.2) is 22.0 Å². The van der Waals surface area contributed by atoms with Gasteiger partial charge >= 0.3 is 0 Å². The van der Waals surface area contributed by atoms with Crippen LogP contribution in [0.5, 0.6) is 0 Å². The molecule has 0 aliphatic carbocycles. The van der Waals surface area contributed by atoms with Crippen LogP contribution in [0, 0.1) is 6.92 Å². The molecule has 0 saturated heterocycles. The Balaban J connectivity index is 2.34. The minimum Gasteiger partial charge on any atom is -0.357 e. The van der Waals surface area contributed by atoms with Crippen molar-refractivity contribution in [3.05, 3.63) is 34.1 Å². The lowest BCUT2D eigenvalue weighted by molar-refractivity contribution is 1.05. The minimum atomic E-state index is 0.122. The molecule has 2 N–H and O–H groups in total. The molecule has 7 heteroatoms. The Hall–Kier alpha value is -1.59. The van der Waals surface area contributed by atoms with Gasteiger partial charge in [-0.25, -0.2) is 0 Å². The fraction of sp³-hybridized carbons (Fsp3) is 0.182. The maximum absolute atomic E-state index is 6.04. The van der Waals surface area contributed by atoms with Gasteiger partial charge in [0.25, 0.3) is 0 Å². The normalized spacial score (nSPS) is 10.2. The van der Waals surface area contributed by atoms with Crippen LogP contribution in [0.15, 0.2) is 18.2 Å². The summed E-state index contributed by atoms with van der Waals surface area (Å²) >= 11 is 11.8. The SMILES string of the molecule is CNc1nc(Cl)nc(Nc2cccc(Cl)c2C)n1. The molecule has 5 nitrogen and oxygen atoms in total. The molecule has 0 radical (unpaired) electrons. The highest BCUT2D eigenvalue weighted by molar-refractivity contribution is 6.31. The molecule has 0 aliphatic rings. The first-order valence-electron chi connectivity index (χ1n) is 5.21. The number of hydrogen-bond acceptors (Lipinski definition) is 5. The van der Waals surface area contributed by atoms with Crippen LogP contribution in [-0.2, 0) is 0 Å². The van der Waals surface area contributed by atoms with Gasteiger partial charge < -0.3 is 10.6 Å². The van der Waals surface area contributed by atoms with E-state index in [-0.39, 0.29) is 5.28 Å². The lowest BCUT2D eigenvalue weighted by Gasteiger charge is -2.09. The van der Waals surface area contributed by atoms with Crippen molar-refractivity contribution in [1.82, 2.24) is 15.0 Å². The molecule has 0 saturated carbocycles. The second-order valence-electron chi connectivity index (χ2n) is 3.54. The lowest BCUT2D eigenvalue weighted by atomic mass is 10.2. The Labute approximate surface area is 115 Å². The Bertz CT molecular complexity index is 573. The molecule has 2 rings (SSSR count). The Morgan fingerprint density at radius 1 is 1.06 bits per heavy atom. The number of anilines is 3. The van der Waals surface area contributed by atoms with Gasteiger partial charge in [0.15, 0.2) is 0 Å². The van der Waals surface area contributed by atoms with Gasteiger partial charge in [-0.05, 0) is 36.2 Å². The zero-order chi connectivity index (χ0) is 13.1. The van der Waals surface area contributed by atoms with Crippen LogP contribution in [0.1, 0.15) is 5.56 Å². The summed E-state index contributed by atoms with van der Waals surface area (Å²) in [4.78, 5) is 12.0. The van der Waals surface area contributed by atoms with E-state index in [1.807, 2.05) is 25.1 Å². The average molecular weight is 284 g/mol. The standard InChI is InChI=1S/C11H11Cl2N5/c1-6-7(12)4-3-5-8(6)15-11-17-9(13)16-10(14-2)18-11/h3-5H,1-2H3,(H2,14,15,16,17,18). The van der Waals surface area contributed by atoms with E-state index in [9.17, 15) is 0 Å². The molecule has 0 atom stereocenters. The molecule has 18 heavy (non-hydrogen) atoms. The third kappa shape index (κ3) is 2.80. The van der Waals surface area contributed by atoms with Crippen LogP contribution in [0.2, 0.25) is 10.3 Å². The van der Waals surface area contributed by atoms with E-state index < -0.39 is 0 Å². The molecule has 1 aromatic heterocycles. The molecule has 0 spiro atoms. The first-order valence-corrected chi connectivity index (χ1v) is 5.97. The number of nitrogens with one attached hydrogen (secondary N) is 2. The van der Waals surface area contributed by atoms with E-state index in [0.717, 1.165) is 11.3 Å². The Kier molecular flexibility index (Phi) is 3.84. The van der Waals surface area contributed by atoms with Gasteiger partial charge in [-0.3, -0.25) is 0 Å². The van der Waals surface area contributed by atoms with Gasteiger partial charge in [-0.2, -0.15) is 15.0 Å². The molecule has 0 unspecified atom stereocenters. The predicted octanol–water partition coefficient (Wildman–Crippen LogP) is 3.27. The summed E-state index contributed by atoms with van der Waals surface area (Å²) < 4.78 is 0. The molecule has 1 heterocycles. The first kappa shape index (κ1) is 12.9. The highest BCUT2D eigenvalue weighted by atomic mass is 35.5. The highest BCUT2D eigenvalue weighted by Crippen LogP contribution is 2.25. The van der Waals surface area contributed by atoms with Crippen molar-refractivity contribution >= 4 is 40.8 Å². The van der Waals surface area contributed by atoms with Gasteiger partial charge in [0, 0.05) is 17.8 Å². The predicted molar refractivity (Wildman–Crippen MR) is 73.9 cm³/mol. The van der Waals surface area contributed by atoms with Crippen LogP contribution < -0.4 is 10.6 Å². The van der Waals surface area contributed by atoms with Crippen molar-refractivity contribution < 1.29 is 0 Å². The summed E-state index contributed by atoms with van der Waals surface area (Å²) in [6.07, 6.45) is 0. The van der Waals surface area contributed by atoms with E-state index in [1.54, 1.807) is 7.05 Å². The van der Waals surface area contributed by atoms with Crippen LogP contribution in [0.25, 0.3) is 0 Å². The van der Waals surface area contributed by atoms with Crippen LogP contribution >= 0.6 is 23.2 Å². The highest BCUT2D eigenvalue weighted by Gasteiger charge is 2.07. The zero-order valence-electron chi connectivity index (χ0n) is 9.83. The summed E-state index contributed by atoms with van der Waals surface area (Å²) in [5.74, 6) is 0.766. The molecular formula is C11H11Cl2N5. The fourth-order valence-electron chi connectivity index (χ4n) is 1.38. The van der Waals surface area contributed by atoms with E-state index in [4.69, 9.17) is 23.2 Å². The smallest absolute Gasteiger partial charge is 0.233 e. The monoisotopic (exact) mass is 283 g/mol. The van der Waals surface area contributed by atoms with Crippen molar-refractivity contribution in [1.29, 1.82) is 0 Å². The molecular weight excluding hydrogens is 273 g/mol. The summed E-state index contributed by atoms with van der Waals surface area (Å²) in [6, 6.07) is 5.55. The fourth-order valence-corrected chi connectivity index (χ4v) is 1.72. The van der Waals surface area contributed by atoms with E-state index in [0.29, 0.717) is 16.9 Å². The van der Waals surface area contributed by atoms with Gasteiger partial charge in [-0.1, -0.05) is 17.7 Å². The lowest BCUT2D eigenvalue weighted by Crippen LogP contribution is -2.04. The van der Waals surface area contributed by atoms with Gasteiger partial charge in [0.1, 0.15) is 0 Å². The second kappa shape index (κ2) is 5.37. The molecule has 2 aromatic rings. The van der Waals surface area contributed by atoms with Crippen LogP contribution in [0.3, 0.4) is 0 Å². The molecule has 0 aliphatic heterocycles. The Morgan fingerprint density at radius 3 is 2.50 bits per heavy atom. The maximum atomic E-state index is 6.04. The molecule has 0 amide bonds. The zero-order valence-corrected chi connectivity index (χ0v) is 11.3. The number of halogens is 2. The van der Waals surface area contributed by atoms with Gasteiger partial charge in [-0.15, -0.1) is 0 Å². The van der Waals surface area contributed by atoms with Crippen molar-refractivity contribution in [2.24, 2.45) is 0 Å². The number of hydrogen-bond donors (Lipinski definition) is 2. The Morgan fingerprint density at radius 2 is 1.78 bits per heavy atom. The molecule has 94 valence electrons. The third-order valence-corrected chi connectivity index (χ3v) is 2.92. The maximum Gasteiger partial charge on any atom is 0.233 e. The van der Waals surface area contributed by atoms with Crippen molar-refractivity contribution in [3.63, 3.8) is 0 Å². The minimum absolute atomic E-state index is 0.122. The summed E-state index contributed by atoms with van der Waals surface area (Å²) in [7, 11) is 1.71. The van der Waals surface area contributed by atoms with Crippen molar-refractivity contribution in [2.45, 2.75) is 6.92 Å². The number of nitrogens with zero attached hydrogens (tertiary/aromatic N) is 3. The third-order valence-electron chi connectivity index (χ3n) is 2.35. The molecule has 0 bridgehead atoms. The topological polar surface area (TPSA) is 62.7 Å². The largest absolute Gasteiger partial charge is 0.357 e. The van der Waals surface area contributed by atoms with E-state index in [2.05, 4.69) is 25.6 Å². The van der Waals surface area contributed by atoms with E-state index in [1.165, 1.54) is 0 Å². The number of rotatable bonds is 3. The van der Waals surface area contributed by atoms with Gasteiger partial charge in [0.05, 0.1) is 0 Å². The van der Waals surface area contributed by atoms with Crippen LogP contribution in [0.4, 0.5) is 17.6 Å². The average Bonchev–Trinajstić information content (AvgIpc) is 2.34.